The number of nitrogens with zero attached hydrogens (tertiary/aromatic N) is 6. The van der Waals surface area contributed by atoms with Crippen LogP contribution >= 0.6 is 0 Å². The van der Waals surface area contributed by atoms with Crippen LogP contribution in [-0.4, -0.2) is 30.0 Å². The molecule has 256 valence electrons. The summed E-state index contributed by atoms with van der Waals surface area (Å²) in [5.74, 6) is 0. The van der Waals surface area contributed by atoms with Crippen molar-refractivity contribution in [1.29, 1.82) is 0 Å². The summed E-state index contributed by atoms with van der Waals surface area (Å²) >= 11 is 0. The molecule has 18 heteroatoms. The molecule has 0 saturated carbocycles. The van der Waals surface area contributed by atoms with Crippen LogP contribution in [0.25, 0.3) is 56.4 Å². The van der Waals surface area contributed by atoms with Gasteiger partial charge in [0, 0.05) is 22.3 Å². The summed E-state index contributed by atoms with van der Waals surface area (Å²) in [6, 6.07) is 13.3. The summed E-state index contributed by atoms with van der Waals surface area (Å²) in [4.78, 5) is 0. The Hall–Kier alpha value is -5.68. The van der Waals surface area contributed by atoms with Gasteiger partial charge < -0.3 is 0 Å². The molecular formula is C32H14F12N6. The van der Waals surface area contributed by atoms with Gasteiger partial charge in [0.05, 0.1) is 33.6 Å². The van der Waals surface area contributed by atoms with Gasteiger partial charge in [0.25, 0.3) is 0 Å². The summed E-state index contributed by atoms with van der Waals surface area (Å²) in [5, 5.41) is 16.1. The summed E-state index contributed by atoms with van der Waals surface area (Å²) < 4.78 is 168. The Labute approximate surface area is 271 Å². The van der Waals surface area contributed by atoms with E-state index in [4.69, 9.17) is 0 Å². The number of alkyl halides is 12. The number of hydrogen-bond donors (Lipinski definition) is 0. The van der Waals surface area contributed by atoms with Crippen LogP contribution < -0.4 is 0 Å². The van der Waals surface area contributed by atoms with Gasteiger partial charge in [-0.3, -0.25) is 0 Å². The van der Waals surface area contributed by atoms with Gasteiger partial charge in [-0.05, 0) is 36.4 Å². The van der Waals surface area contributed by atoms with Gasteiger partial charge in [0.15, 0.2) is 0 Å². The fourth-order valence-corrected chi connectivity index (χ4v) is 5.69. The van der Waals surface area contributed by atoms with Crippen LogP contribution in [0.1, 0.15) is 22.3 Å². The summed E-state index contributed by atoms with van der Waals surface area (Å²) in [7, 11) is 0. The molecule has 6 aromatic rings. The maximum absolute atomic E-state index is 13.8. The van der Waals surface area contributed by atoms with Crippen LogP contribution in [0, 0.1) is 0 Å². The van der Waals surface area contributed by atoms with Gasteiger partial charge in [0.1, 0.15) is 22.8 Å². The number of rotatable bonds is 2. The lowest BCUT2D eigenvalue weighted by atomic mass is 9.89. The fourth-order valence-electron chi connectivity index (χ4n) is 5.69. The minimum atomic E-state index is -5.21. The maximum atomic E-state index is 13.8. The molecule has 2 aromatic heterocycles. The Balaban J connectivity index is 1.56. The van der Waals surface area contributed by atoms with Crippen molar-refractivity contribution < 1.29 is 52.7 Å². The molecule has 0 atom stereocenters. The summed E-state index contributed by atoms with van der Waals surface area (Å²) in [6.07, 6.45) is -20.8. The van der Waals surface area contributed by atoms with E-state index in [1.807, 2.05) is 0 Å². The Morgan fingerprint density at radius 2 is 0.660 bits per heavy atom. The lowest BCUT2D eigenvalue weighted by molar-refractivity contribution is -0.144. The third-order valence-corrected chi connectivity index (χ3v) is 7.85. The van der Waals surface area contributed by atoms with Gasteiger partial charge in [-0.2, -0.15) is 52.7 Å². The van der Waals surface area contributed by atoms with E-state index < -0.39 is 58.3 Å². The van der Waals surface area contributed by atoms with Crippen molar-refractivity contribution in [3.63, 3.8) is 0 Å². The van der Waals surface area contributed by atoms with Crippen LogP contribution in [0.4, 0.5) is 52.7 Å². The molecule has 1 aliphatic rings. The first-order chi connectivity index (χ1) is 23.3. The van der Waals surface area contributed by atoms with Gasteiger partial charge in [-0.15, -0.1) is 10.2 Å². The van der Waals surface area contributed by atoms with E-state index in [1.54, 1.807) is 0 Å². The topological polar surface area (TPSA) is 61.4 Å². The van der Waals surface area contributed by atoms with Crippen molar-refractivity contribution in [3.05, 3.63) is 107 Å². The molecule has 2 heterocycles. The Morgan fingerprint density at radius 1 is 0.380 bits per heavy atom. The van der Waals surface area contributed by atoms with Crippen molar-refractivity contribution in [2.24, 2.45) is 0 Å². The monoisotopic (exact) mass is 710 g/mol. The normalized spacial score (nSPS) is 13.2. The molecule has 7 rings (SSSR count). The van der Waals surface area contributed by atoms with Crippen LogP contribution in [0.2, 0.25) is 0 Å². The number of fused-ring (bicyclic) bond motifs is 8. The van der Waals surface area contributed by atoms with Crippen molar-refractivity contribution >= 4 is 0 Å². The highest BCUT2D eigenvalue weighted by atomic mass is 19.4. The van der Waals surface area contributed by atoms with Crippen molar-refractivity contribution in [3.8, 4) is 56.4 Å². The highest BCUT2D eigenvalue weighted by Gasteiger charge is 2.40. The number of aromatic nitrogens is 6. The third kappa shape index (κ3) is 5.53. The Morgan fingerprint density at radius 3 is 0.940 bits per heavy atom. The zero-order valence-electron chi connectivity index (χ0n) is 24.3. The van der Waals surface area contributed by atoms with E-state index in [0.29, 0.717) is 24.3 Å². The van der Waals surface area contributed by atoms with E-state index in [2.05, 4.69) is 20.6 Å². The van der Waals surface area contributed by atoms with Crippen molar-refractivity contribution in [2.45, 2.75) is 24.7 Å². The minimum absolute atomic E-state index is 0.0285. The molecule has 0 bridgehead atoms. The highest BCUT2D eigenvalue weighted by Crippen LogP contribution is 2.48. The lowest BCUT2D eigenvalue weighted by Crippen LogP contribution is -2.14. The third-order valence-electron chi connectivity index (χ3n) is 7.85. The molecule has 1 aliphatic carbocycles. The second kappa shape index (κ2) is 10.9. The van der Waals surface area contributed by atoms with Crippen LogP contribution in [0.3, 0.4) is 0 Å². The van der Waals surface area contributed by atoms with Crippen LogP contribution in [0.5, 0.6) is 0 Å². The molecule has 0 saturated heterocycles. The molecular weight excluding hydrogens is 696 g/mol. The van der Waals surface area contributed by atoms with E-state index in [1.165, 1.54) is 48.5 Å². The lowest BCUT2D eigenvalue weighted by Gasteiger charge is -2.20. The van der Waals surface area contributed by atoms with E-state index >= 15 is 0 Å². The minimum Gasteiger partial charge on any atom is -0.212 e. The first-order valence-electron chi connectivity index (χ1n) is 14.0. The van der Waals surface area contributed by atoms with Crippen LogP contribution in [0.15, 0.2) is 84.9 Å². The summed E-state index contributed by atoms with van der Waals surface area (Å²) in [5.41, 5.74) is -7.85. The molecule has 0 aliphatic heterocycles. The van der Waals surface area contributed by atoms with E-state index in [0.717, 1.165) is 9.36 Å². The molecule has 0 radical (unpaired) electrons. The fraction of sp³-hybridized carbons (Fsp3) is 0.125. The maximum Gasteiger partial charge on any atom is 0.416 e. The molecule has 0 fully saturated rings. The first kappa shape index (κ1) is 32.8. The largest absolute Gasteiger partial charge is 0.416 e. The Kier molecular flexibility index (Phi) is 7.17. The molecule has 0 amide bonds. The van der Waals surface area contributed by atoms with Gasteiger partial charge >= 0.3 is 24.7 Å². The van der Waals surface area contributed by atoms with Gasteiger partial charge in [-0.25, -0.2) is 9.36 Å². The predicted molar refractivity (Wildman–Crippen MR) is 152 cm³/mol. The van der Waals surface area contributed by atoms with Crippen molar-refractivity contribution in [2.75, 3.05) is 0 Å². The smallest absolute Gasteiger partial charge is 0.212 e. The zero-order valence-corrected chi connectivity index (χ0v) is 24.3. The zero-order chi connectivity index (χ0) is 36.0. The second-order valence-corrected chi connectivity index (χ2v) is 11.0. The summed E-state index contributed by atoms with van der Waals surface area (Å²) in [6.45, 7) is 0. The Bertz CT molecular complexity index is 2070. The van der Waals surface area contributed by atoms with Crippen molar-refractivity contribution in [1.82, 2.24) is 30.0 Å². The standard InChI is InChI=1S/C32H14F12N6/c33-29(34,35)15-9-16(30(36,37)38)12-19(11-15)49-27-23-7-3-4-8-24(23)28-26(22-6-2-1-5-21(22)25(27)45-47-49)46-48-50(28)20-13-17(31(39,40)41)10-18(14-20)32(42,43)44/h1-14H. The molecule has 0 unspecified atom stereocenters. The average Bonchev–Trinajstić information content (AvgIpc) is 3.67. The quantitative estimate of drug-likeness (QED) is 0.168. The van der Waals surface area contributed by atoms with E-state index in [-0.39, 0.29) is 57.2 Å². The highest BCUT2D eigenvalue weighted by molar-refractivity contribution is 5.99. The number of benzene rings is 4. The number of halogens is 12. The molecule has 0 N–H and O–H groups in total. The van der Waals surface area contributed by atoms with E-state index in [9.17, 15) is 52.7 Å². The average molecular weight is 710 g/mol. The van der Waals surface area contributed by atoms with Gasteiger partial charge in [-0.1, -0.05) is 59.0 Å². The predicted octanol–water partition coefficient (Wildman–Crippen LogP) is 9.90. The number of hydrogen-bond acceptors (Lipinski definition) is 4. The molecule has 50 heavy (non-hydrogen) atoms. The molecule has 6 nitrogen and oxygen atoms in total. The SMILES string of the molecule is FC(F)(F)c1cc(-n2nnc3c2-c2ccccc2-c2c(nnn2-c2cc(C(F)(F)F)cc(C(F)(F)F)c2)-c2ccccc2-3)cc(C(F)(F)F)c1. The first-order valence-corrected chi connectivity index (χ1v) is 14.0. The second-order valence-electron chi connectivity index (χ2n) is 11.0. The van der Waals surface area contributed by atoms with Crippen LogP contribution in [-0.2, 0) is 24.7 Å². The molecule has 4 aromatic carbocycles. The van der Waals surface area contributed by atoms with Gasteiger partial charge in [0.2, 0.25) is 0 Å². The molecule has 0 spiro atoms.